The maximum Gasteiger partial charge on any atom is 0.276 e. The lowest BCUT2D eigenvalue weighted by Gasteiger charge is -2.50. The van der Waals surface area contributed by atoms with Crippen LogP contribution in [0.4, 0.5) is 0 Å². The van der Waals surface area contributed by atoms with Gasteiger partial charge in [-0.2, -0.15) is 0 Å². The molecule has 2 saturated heterocycles. The van der Waals surface area contributed by atoms with Crippen molar-refractivity contribution in [2.45, 2.75) is 38.3 Å². The number of hydrogen-bond donors (Lipinski definition) is 1. The van der Waals surface area contributed by atoms with Crippen LogP contribution in [0.3, 0.4) is 0 Å². The number of likely N-dealkylation sites (tertiary alicyclic amines) is 2. The highest BCUT2D eigenvalue weighted by molar-refractivity contribution is 5.93. The van der Waals surface area contributed by atoms with Crippen LogP contribution in [0.1, 0.15) is 47.1 Å². The first-order valence-electron chi connectivity index (χ1n) is 9.62. The second-order valence-corrected chi connectivity index (χ2v) is 7.87. The maximum atomic E-state index is 13.3. The summed E-state index contributed by atoms with van der Waals surface area (Å²) in [6.07, 6.45) is 2.13. The van der Waals surface area contributed by atoms with Crippen molar-refractivity contribution in [3.8, 4) is 0 Å². The number of aromatic nitrogens is 1. The standard InChI is InChI=1S/C21H25N3O4/c1-14-17(22-13-28-14)19(26)24-10-8-21(9-11-24)12-16(25)18(23(2)20(21)27)15-6-4-3-5-7-15/h3-7,13,16,18,25H,8-12H2,1-2H3/t16-,18+/m1/s1. The van der Waals surface area contributed by atoms with Gasteiger partial charge in [-0.15, -0.1) is 0 Å². The van der Waals surface area contributed by atoms with E-state index in [-0.39, 0.29) is 17.9 Å². The van der Waals surface area contributed by atoms with Crippen molar-refractivity contribution < 1.29 is 19.1 Å². The second-order valence-electron chi connectivity index (χ2n) is 7.87. The zero-order valence-corrected chi connectivity index (χ0v) is 16.2. The van der Waals surface area contributed by atoms with E-state index in [0.29, 0.717) is 43.8 Å². The van der Waals surface area contributed by atoms with Gasteiger partial charge in [-0.3, -0.25) is 9.59 Å². The summed E-state index contributed by atoms with van der Waals surface area (Å²) in [5.74, 6) is 0.386. The van der Waals surface area contributed by atoms with Crippen LogP contribution in [0, 0.1) is 12.3 Å². The molecule has 1 aromatic carbocycles. The fraction of sp³-hybridized carbons (Fsp3) is 0.476. The molecule has 2 amide bonds. The van der Waals surface area contributed by atoms with Crippen LogP contribution >= 0.6 is 0 Å². The molecule has 2 atom stereocenters. The predicted molar refractivity (Wildman–Crippen MR) is 101 cm³/mol. The van der Waals surface area contributed by atoms with Gasteiger partial charge in [-0.25, -0.2) is 4.98 Å². The molecule has 2 aliphatic heterocycles. The van der Waals surface area contributed by atoms with E-state index in [1.807, 2.05) is 30.3 Å². The molecule has 0 aliphatic carbocycles. The molecule has 3 heterocycles. The Morgan fingerprint density at radius 1 is 1.25 bits per heavy atom. The average Bonchev–Trinajstić information content (AvgIpc) is 3.13. The number of nitrogens with zero attached hydrogens (tertiary/aromatic N) is 3. The number of rotatable bonds is 2. The molecule has 7 heteroatoms. The third kappa shape index (κ3) is 2.99. The van der Waals surface area contributed by atoms with Crippen molar-refractivity contribution in [3.63, 3.8) is 0 Å². The molecular weight excluding hydrogens is 358 g/mol. The van der Waals surface area contributed by atoms with Crippen LogP contribution in [0.2, 0.25) is 0 Å². The number of carbonyl (C=O) groups is 2. The molecule has 2 aromatic rings. The third-order valence-corrected chi connectivity index (χ3v) is 6.25. The van der Waals surface area contributed by atoms with Crippen molar-refractivity contribution in [1.29, 1.82) is 0 Å². The second kappa shape index (κ2) is 7.05. The molecule has 1 spiro atoms. The number of aliphatic hydroxyl groups is 1. The lowest BCUT2D eigenvalue weighted by atomic mass is 9.68. The molecular formula is C21H25N3O4. The van der Waals surface area contributed by atoms with Gasteiger partial charge in [-0.05, 0) is 31.7 Å². The van der Waals surface area contributed by atoms with Crippen molar-refractivity contribution in [1.82, 2.24) is 14.8 Å². The first-order valence-corrected chi connectivity index (χ1v) is 9.62. The van der Waals surface area contributed by atoms with E-state index in [4.69, 9.17) is 4.42 Å². The lowest BCUT2D eigenvalue weighted by molar-refractivity contribution is -0.161. The summed E-state index contributed by atoms with van der Waals surface area (Å²) in [6, 6.07) is 9.30. The monoisotopic (exact) mass is 383 g/mol. The summed E-state index contributed by atoms with van der Waals surface area (Å²) in [4.78, 5) is 33.3. The Morgan fingerprint density at radius 3 is 2.54 bits per heavy atom. The van der Waals surface area contributed by atoms with Crippen molar-refractivity contribution in [2.75, 3.05) is 20.1 Å². The van der Waals surface area contributed by atoms with Crippen molar-refractivity contribution in [3.05, 3.63) is 53.7 Å². The number of hydrogen-bond acceptors (Lipinski definition) is 5. The van der Waals surface area contributed by atoms with Crippen molar-refractivity contribution in [2.24, 2.45) is 5.41 Å². The Bertz CT molecular complexity index is 871. The zero-order chi connectivity index (χ0) is 19.9. The Balaban J connectivity index is 1.49. The summed E-state index contributed by atoms with van der Waals surface area (Å²) >= 11 is 0. The number of benzene rings is 1. The zero-order valence-electron chi connectivity index (χ0n) is 16.2. The van der Waals surface area contributed by atoms with Crippen LogP contribution in [0.25, 0.3) is 0 Å². The molecule has 0 radical (unpaired) electrons. The van der Waals surface area contributed by atoms with E-state index < -0.39 is 11.5 Å². The van der Waals surface area contributed by atoms with Gasteiger partial charge < -0.3 is 19.3 Å². The summed E-state index contributed by atoms with van der Waals surface area (Å²) in [7, 11) is 1.76. The smallest absolute Gasteiger partial charge is 0.276 e. The van der Waals surface area contributed by atoms with Gasteiger partial charge in [0, 0.05) is 20.1 Å². The van der Waals surface area contributed by atoms with E-state index >= 15 is 0 Å². The predicted octanol–water partition coefficient (Wildman–Crippen LogP) is 2.17. The molecule has 7 nitrogen and oxygen atoms in total. The highest BCUT2D eigenvalue weighted by atomic mass is 16.3. The van der Waals surface area contributed by atoms with Gasteiger partial charge in [0.05, 0.1) is 17.6 Å². The lowest BCUT2D eigenvalue weighted by Crippen LogP contribution is -2.58. The Hall–Kier alpha value is -2.67. The van der Waals surface area contributed by atoms with Crippen LogP contribution in [-0.4, -0.2) is 57.9 Å². The van der Waals surface area contributed by atoms with E-state index in [1.54, 1.807) is 23.8 Å². The highest BCUT2D eigenvalue weighted by Gasteiger charge is 2.51. The first kappa shape index (κ1) is 18.7. The molecule has 4 rings (SSSR count). The molecule has 0 unspecified atom stereocenters. The number of oxazole rings is 1. The number of aliphatic hydroxyl groups excluding tert-OH is 1. The van der Waals surface area contributed by atoms with Crippen LogP contribution in [-0.2, 0) is 4.79 Å². The van der Waals surface area contributed by atoms with Crippen LogP contribution < -0.4 is 0 Å². The average molecular weight is 383 g/mol. The Kier molecular flexibility index (Phi) is 4.71. The highest BCUT2D eigenvalue weighted by Crippen LogP contribution is 2.46. The normalized spacial score (nSPS) is 24.6. The summed E-state index contributed by atoms with van der Waals surface area (Å²) in [5, 5.41) is 10.9. The summed E-state index contributed by atoms with van der Waals surface area (Å²) in [5.41, 5.74) is 0.650. The van der Waals surface area contributed by atoms with Gasteiger partial charge in [-0.1, -0.05) is 30.3 Å². The van der Waals surface area contributed by atoms with Gasteiger partial charge >= 0.3 is 0 Å². The van der Waals surface area contributed by atoms with E-state index in [9.17, 15) is 14.7 Å². The van der Waals surface area contributed by atoms with Crippen LogP contribution in [0.5, 0.6) is 0 Å². The molecule has 148 valence electrons. The number of amides is 2. The molecule has 1 aromatic heterocycles. The van der Waals surface area contributed by atoms with E-state index in [2.05, 4.69) is 4.98 Å². The van der Waals surface area contributed by atoms with Crippen LogP contribution in [0.15, 0.2) is 41.1 Å². The maximum absolute atomic E-state index is 13.3. The number of piperidine rings is 2. The molecule has 28 heavy (non-hydrogen) atoms. The van der Waals surface area contributed by atoms with E-state index in [0.717, 1.165) is 5.56 Å². The minimum absolute atomic E-state index is 0.0522. The van der Waals surface area contributed by atoms with E-state index in [1.165, 1.54) is 6.39 Å². The number of aryl methyl sites for hydroxylation is 1. The molecule has 2 aliphatic rings. The van der Waals surface area contributed by atoms with Gasteiger partial charge in [0.2, 0.25) is 5.91 Å². The molecule has 2 fully saturated rings. The van der Waals surface area contributed by atoms with Gasteiger partial charge in [0.15, 0.2) is 12.1 Å². The number of likely N-dealkylation sites (N-methyl/N-ethyl adjacent to an activating group) is 1. The van der Waals surface area contributed by atoms with Gasteiger partial charge in [0.25, 0.3) is 5.91 Å². The topological polar surface area (TPSA) is 86.9 Å². The quantitative estimate of drug-likeness (QED) is 0.859. The molecule has 0 bridgehead atoms. The fourth-order valence-corrected chi connectivity index (χ4v) is 4.67. The largest absolute Gasteiger partial charge is 0.448 e. The Morgan fingerprint density at radius 2 is 1.93 bits per heavy atom. The molecule has 1 N–H and O–H groups in total. The number of carbonyl (C=O) groups excluding carboxylic acids is 2. The van der Waals surface area contributed by atoms with Gasteiger partial charge in [0.1, 0.15) is 5.76 Å². The SMILES string of the molecule is Cc1ocnc1C(=O)N1CCC2(CC1)C[C@@H](O)[C@H](c1ccccc1)N(C)C2=O. The summed E-state index contributed by atoms with van der Waals surface area (Å²) in [6.45, 7) is 2.65. The first-order chi connectivity index (χ1) is 13.4. The minimum Gasteiger partial charge on any atom is -0.448 e. The third-order valence-electron chi connectivity index (χ3n) is 6.25. The minimum atomic E-state index is -0.634. The summed E-state index contributed by atoms with van der Waals surface area (Å²) < 4.78 is 5.13. The molecule has 0 saturated carbocycles. The Labute approximate surface area is 164 Å². The fourth-order valence-electron chi connectivity index (χ4n) is 4.67. The van der Waals surface area contributed by atoms with Crippen molar-refractivity contribution >= 4 is 11.8 Å².